The summed E-state index contributed by atoms with van der Waals surface area (Å²) in [6, 6.07) is 25.5. The zero-order chi connectivity index (χ0) is 30.8. The standard InChI is InChI=1S/C32H27Cl2N3O5S/c1-41-23-14-22(15-24(17-23)42-2)35-30(38)19-43-25-11-6-10-21(16-25)36-32(40)29(18-26-27(33)12-7-13-28(26)34)37-31(39)20-8-4-3-5-9-20/h3-18H,19H2,1-2H3,(H,35,38)(H,36,40)(H,37,39)/b29-18+. The highest BCUT2D eigenvalue weighted by atomic mass is 35.5. The second kappa shape index (κ2) is 15.2. The van der Waals surface area contributed by atoms with E-state index in [9.17, 15) is 14.4 Å². The number of hydrogen-bond donors (Lipinski definition) is 3. The third-order valence-corrected chi connectivity index (χ3v) is 7.57. The van der Waals surface area contributed by atoms with E-state index in [1.165, 1.54) is 32.1 Å². The van der Waals surface area contributed by atoms with Gasteiger partial charge in [-0.15, -0.1) is 11.8 Å². The highest BCUT2D eigenvalue weighted by Crippen LogP contribution is 2.28. The van der Waals surface area contributed by atoms with Gasteiger partial charge in [-0.1, -0.05) is 53.5 Å². The van der Waals surface area contributed by atoms with Crippen molar-refractivity contribution in [2.45, 2.75) is 4.90 Å². The molecule has 0 fully saturated rings. The van der Waals surface area contributed by atoms with Crippen LogP contribution in [0, 0.1) is 0 Å². The van der Waals surface area contributed by atoms with Gasteiger partial charge in [0, 0.05) is 55.6 Å². The fourth-order valence-corrected chi connectivity index (χ4v) is 5.08. The summed E-state index contributed by atoms with van der Waals surface area (Å²) in [4.78, 5) is 39.7. The van der Waals surface area contributed by atoms with Crippen molar-refractivity contribution in [3.8, 4) is 11.5 Å². The fourth-order valence-electron chi connectivity index (χ4n) is 3.82. The number of anilines is 2. The van der Waals surface area contributed by atoms with Gasteiger partial charge in [0.25, 0.3) is 11.8 Å². The summed E-state index contributed by atoms with van der Waals surface area (Å²) in [5, 5.41) is 8.93. The molecule has 0 aliphatic heterocycles. The first-order valence-corrected chi connectivity index (χ1v) is 14.6. The zero-order valence-corrected chi connectivity index (χ0v) is 25.5. The number of thioether (sulfide) groups is 1. The largest absolute Gasteiger partial charge is 0.497 e. The molecule has 0 aliphatic carbocycles. The van der Waals surface area contributed by atoms with E-state index in [0.717, 1.165) is 4.90 Å². The monoisotopic (exact) mass is 635 g/mol. The highest BCUT2D eigenvalue weighted by molar-refractivity contribution is 8.00. The maximum absolute atomic E-state index is 13.4. The molecule has 220 valence electrons. The van der Waals surface area contributed by atoms with Crippen molar-refractivity contribution in [2.75, 3.05) is 30.6 Å². The summed E-state index contributed by atoms with van der Waals surface area (Å²) in [6.45, 7) is 0. The highest BCUT2D eigenvalue weighted by Gasteiger charge is 2.17. The Morgan fingerprint density at radius 1 is 0.767 bits per heavy atom. The van der Waals surface area contributed by atoms with Crippen LogP contribution in [0.2, 0.25) is 10.0 Å². The van der Waals surface area contributed by atoms with Crippen LogP contribution in [0.4, 0.5) is 11.4 Å². The Kier molecular flexibility index (Phi) is 11.1. The smallest absolute Gasteiger partial charge is 0.272 e. The van der Waals surface area contributed by atoms with Crippen molar-refractivity contribution in [1.82, 2.24) is 5.32 Å². The number of benzene rings is 4. The molecule has 0 aliphatic rings. The third-order valence-electron chi connectivity index (χ3n) is 5.91. The second-order valence-corrected chi connectivity index (χ2v) is 10.8. The van der Waals surface area contributed by atoms with Crippen molar-refractivity contribution >= 4 is 70.1 Å². The van der Waals surface area contributed by atoms with Gasteiger partial charge >= 0.3 is 0 Å². The van der Waals surface area contributed by atoms with Crippen LogP contribution in [-0.2, 0) is 9.59 Å². The minimum atomic E-state index is -0.591. The van der Waals surface area contributed by atoms with Crippen LogP contribution in [0.15, 0.2) is 102 Å². The van der Waals surface area contributed by atoms with E-state index in [4.69, 9.17) is 32.7 Å². The number of methoxy groups -OCH3 is 2. The first-order valence-electron chi connectivity index (χ1n) is 12.8. The first kappa shape index (κ1) is 31.5. The van der Waals surface area contributed by atoms with E-state index < -0.39 is 11.8 Å². The molecule has 0 unspecified atom stereocenters. The van der Waals surface area contributed by atoms with Crippen LogP contribution < -0.4 is 25.4 Å². The fraction of sp³-hybridized carbons (Fsp3) is 0.0938. The number of nitrogens with one attached hydrogen (secondary N) is 3. The van der Waals surface area contributed by atoms with Crippen molar-refractivity contribution in [1.29, 1.82) is 0 Å². The van der Waals surface area contributed by atoms with E-state index in [1.54, 1.807) is 84.9 Å². The minimum absolute atomic E-state index is 0.0602. The van der Waals surface area contributed by atoms with Crippen LogP contribution in [0.1, 0.15) is 15.9 Å². The van der Waals surface area contributed by atoms with Gasteiger partial charge in [-0.05, 0) is 48.5 Å². The third kappa shape index (κ3) is 9.02. The molecule has 0 bridgehead atoms. The SMILES string of the molecule is COc1cc(NC(=O)CSc2cccc(NC(=O)/C(=C\c3c(Cl)cccc3Cl)NC(=O)c3ccccc3)c2)cc(OC)c1. The van der Waals surface area contributed by atoms with Gasteiger partial charge in [0.05, 0.1) is 20.0 Å². The normalized spacial score (nSPS) is 10.9. The van der Waals surface area contributed by atoms with Crippen molar-refractivity contribution < 1.29 is 23.9 Å². The maximum atomic E-state index is 13.4. The molecule has 0 aromatic heterocycles. The Hall–Kier alpha value is -4.44. The van der Waals surface area contributed by atoms with Crippen molar-refractivity contribution in [3.63, 3.8) is 0 Å². The van der Waals surface area contributed by atoms with Gasteiger partial charge in [0.15, 0.2) is 0 Å². The molecule has 11 heteroatoms. The van der Waals surface area contributed by atoms with Gasteiger partial charge in [-0.25, -0.2) is 0 Å². The van der Waals surface area contributed by atoms with Crippen LogP contribution >= 0.6 is 35.0 Å². The molecule has 8 nitrogen and oxygen atoms in total. The second-order valence-electron chi connectivity index (χ2n) is 8.93. The molecule has 0 atom stereocenters. The van der Waals surface area contributed by atoms with Gasteiger partial charge in [0.1, 0.15) is 17.2 Å². The Bertz CT molecular complexity index is 1620. The molecule has 4 aromatic rings. The Labute approximate surface area is 263 Å². The number of carbonyl (C=O) groups excluding carboxylic acids is 3. The van der Waals surface area contributed by atoms with E-state index in [-0.39, 0.29) is 17.4 Å². The predicted octanol–water partition coefficient (Wildman–Crippen LogP) is 7.15. The lowest BCUT2D eigenvalue weighted by Gasteiger charge is -2.13. The zero-order valence-electron chi connectivity index (χ0n) is 23.2. The molecule has 3 N–H and O–H groups in total. The molecule has 0 radical (unpaired) electrons. The lowest BCUT2D eigenvalue weighted by atomic mass is 10.1. The number of halogens is 2. The number of amides is 3. The molecule has 0 saturated heterocycles. The molecule has 4 aromatic carbocycles. The Morgan fingerprint density at radius 2 is 1.42 bits per heavy atom. The lowest BCUT2D eigenvalue weighted by molar-refractivity contribution is -0.114. The summed E-state index contributed by atoms with van der Waals surface area (Å²) in [7, 11) is 3.06. The molecular formula is C32H27Cl2N3O5S. The van der Waals surface area contributed by atoms with Gasteiger partial charge < -0.3 is 25.4 Å². The van der Waals surface area contributed by atoms with Crippen LogP contribution in [-0.4, -0.2) is 37.7 Å². The molecule has 4 rings (SSSR count). The molecular weight excluding hydrogens is 609 g/mol. The summed E-state index contributed by atoms with van der Waals surface area (Å²) in [5.74, 6) is -0.0893. The number of rotatable bonds is 11. The molecule has 43 heavy (non-hydrogen) atoms. The molecule has 0 heterocycles. The summed E-state index contributed by atoms with van der Waals surface area (Å²) in [5.41, 5.74) is 1.69. The van der Waals surface area contributed by atoms with E-state index in [1.807, 2.05) is 6.07 Å². The average Bonchev–Trinajstić information content (AvgIpc) is 3.01. The molecule has 0 saturated carbocycles. The lowest BCUT2D eigenvalue weighted by Crippen LogP contribution is -2.30. The predicted molar refractivity (Wildman–Crippen MR) is 172 cm³/mol. The maximum Gasteiger partial charge on any atom is 0.272 e. The summed E-state index contributed by atoms with van der Waals surface area (Å²) >= 11 is 14.0. The van der Waals surface area contributed by atoms with Crippen LogP contribution in [0.3, 0.4) is 0 Å². The van der Waals surface area contributed by atoms with E-state index >= 15 is 0 Å². The van der Waals surface area contributed by atoms with Gasteiger partial charge in [-0.3, -0.25) is 14.4 Å². The number of hydrogen-bond acceptors (Lipinski definition) is 6. The van der Waals surface area contributed by atoms with Crippen LogP contribution in [0.5, 0.6) is 11.5 Å². The van der Waals surface area contributed by atoms with Gasteiger partial charge in [-0.2, -0.15) is 0 Å². The van der Waals surface area contributed by atoms with Crippen molar-refractivity contribution in [3.05, 3.63) is 118 Å². The topological polar surface area (TPSA) is 106 Å². The van der Waals surface area contributed by atoms with Crippen LogP contribution in [0.25, 0.3) is 6.08 Å². The summed E-state index contributed by atoms with van der Waals surface area (Å²) < 4.78 is 10.5. The quantitative estimate of drug-likeness (QED) is 0.119. The number of ether oxygens (including phenoxy) is 2. The molecule has 0 spiro atoms. The Balaban J connectivity index is 1.47. The minimum Gasteiger partial charge on any atom is -0.497 e. The van der Waals surface area contributed by atoms with Gasteiger partial charge in [0.2, 0.25) is 5.91 Å². The summed E-state index contributed by atoms with van der Waals surface area (Å²) in [6.07, 6.45) is 1.43. The van der Waals surface area contributed by atoms with E-state index in [0.29, 0.717) is 44.0 Å². The Morgan fingerprint density at radius 3 is 2.07 bits per heavy atom. The van der Waals surface area contributed by atoms with Crippen molar-refractivity contribution in [2.24, 2.45) is 0 Å². The molecule has 3 amide bonds. The number of carbonyl (C=O) groups is 3. The average molecular weight is 637 g/mol. The first-order chi connectivity index (χ1) is 20.7. The van der Waals surface area contributed by atoms with E-state index in [2.05, 4.69) is 16.0 Å².